The number of nitrogens with one attached hydrogen (secondary N) is 2. The average molecular weight is 285 g/mol. The fourth-order valence-corrected chi connectivity index (χ4v) is 2.33. The summed E-state index contributed by atoms with van der Waals surface area (Å²) in [4.78, 5) is 14.1. The van der Waals surface area contributed by atoms with E-state index in [2.05, 4.69) is 22.5 Å². The summed E-state index contributed by atoms with van der Waals surface area (Å²) in [5, 5.41) is 6.33. The third-order valence-corrected chi connectivity index (χ3v) is 4.02. The van der Waals surface area contributed by atoms with Gasteiger partial charge in [-0.3, -0.25) is 9.69 Å². The Kier molecular flexibility index (Phi) is 7.48. The molecule has 5 nitrogen and oxygen atoms in total. The first-order valence-electron chi connectivity index (χ1n) is 7.75. The molecule has 0 atom stereocenters. The van der Waals surface area contributed by atoms with Gasteiger partial charge < -0.3 is 15.4 Å². The summed E-state index contributed by atoms with van der Waals surface area (Å²) >= 11 is 0. The van der Waals surface area contributed by atoms with Crippen molar-refractivity contribution in [1.82, 2.24) is 15.5 Å². The molecule has 20 heavy (non-hydrogen) atoms. The Labute approximate surface area is 123 Å². The molecule has 1 fully saturated rings. The fraction of sp³-hybridized carbons (Fsp3) is 0.933. The van der Waals surface area contributed by atoms with Gasteiger partial charge in [0.2, 0.25) is 5.91 Å². The normalized spacial score (nSPS) is 19.2. The zero-order chi connectivity index (χ0) is 15.0. The van der Waals surface area contributed by atoms with Gasteiger partial charge in [0, 0.05) is 31.8 Å². The fourth-order valence-electron chi connectivity index (χ4n) is 2.33. The van der Waals surface area contributed by atoms with Gasteiger partial charge in [-0.1, -0.05) is 0 Å². The Bertz CT molecular complexity index is 287. The van der Waals surface area contributed by atoms with Crippen LogP contribution in [0.15, 0.2) is 0 Å². The van der Waals surface area contributed by atoms with Crippen molar-refractivity contribution in [2.75, 3.05) is 39.8 Å². The minimum atomic E-state index is 0.127. The smallest absolute Gasteiger partial charge is 0.234 e. The van der Waals surface area contributed by atoms with E-state index >= 15 is 0 Å². The van der Waals surface area contributed by atoms with Crippen LogP contribution < -0.4 is 10.6 Å². The van der Waals surface area contributed by atoms with Gasteiger partial charge in [-0.05, 0) is 47.1 Å². The molecule has 1 saturated heterocycles. The summed E-state index contributed by atoms with van der Waals surface area (Å²) in [6.45, 7) is 10.2. The van der Waals surface area contributed by atoms with Gasteiger partial charge >= 0.3 is 0 Å². The van der Waals surface area contributed by atoms with E-state index in [1.54, 1.807) is 0 Å². The molecule has 0 aliphatic carbocycles. The molecular formula is C15H31N3O2. The minimum Gasteiger partial charge on any atom is -0.379 e. The van der Waals surface area contributed by atoms with E-state index in [4.69, 9.17) is 4.74 Å². The third-order valence-electron chi connectivity index (χ3n) is 4.02. The Morgan fingerprint density at radius 3 is 2.55 bits per heavy atom. The highest BCUT2D eigenvalue weighted by atomic mass is 16.5. The summed E-state index contributed by atoms with van der Waals surface area (Å²) in [7, 11) is 2.02. The molecule has 0 aromatic heterocycles. The van der Waals surface area contributed by atoms with Crippen LogP contribution in [0.1, 0.15) is 40.0 Å². The number of amides is 1. The summed E-state index contributed by atoms with van der Waals surface area (Å²) in [6, 6.07) is 0. The number of nitrogens with zero attached hydrogens (tertiary/aromatic N) is 1. The summed E-state index contributed by atoms with van der Waals surface area (Å²) in [5.74, 6) is 0.127. The van der Waals surface area contributed by atoms with E-state index < -0.39 is 0 Å². The molecule has 0 radical (unpaired) electrons. The summed E-state index contributed by atoms with van der Waals surface area (Å²) < 4.78 is 5.44. The van der Waals surface area contributed by atoms with Crippen molar-refractivity contribution in [3.63, 3.8) is 0 Å². The predicted octanol–water partition coefficient (Wildman–Crippen LogP) is 0.992. The van der Waals surface area contributed by atoms with Crippen LogP contribution in [0.2, 0.25) is 0 Å². The number of hydrogen-bond acceptors (Lipinski definition) is 4. The molecule has 0 bridgehead atoms. The number of carbonyl (C=O) groups is 1. The summed E-state index contributed by atoms with van der Waals surface area (Å²) in [5.41, 5.74) is 0.237. The second kappa shape index (κ2) is 8.60. The molecule has 118 valence electrons. The van der Waals surface area contributed by atoms with E-state index in [0.717, 1.165) is 32.4 Å². The first-order valence-corrected chi connectivity index (χ1v) is 7.75. The maximum Gasteiger partial charge on any atom is 0.234 e. The lowest BCUT2D eigenvalue weighted by molar-refractivity contribution is -0.122. The van der Waals surface area contributed by atoms with Crippen molar-refractivity contribution in [2.45, 2.75) is 51.7 Å². The van der Waals surface area contributed by atoms with Crippen LogP contribution in [0.3, 0.4) is 0 Å². The van der Waals surface area contributed by atoms with Gasteiger partial charge in [-0.15, -0.1) is 0 Å². The topological polar surface area (TPSA) is 53.6 Å². The lowest BCUT2D eigenvalue weighted by atomic mass is 9.90. The van der Waals surface area contributed by atoms with Crippen molar-refractivity contribution < 1.29 is 9.53 Å². The Morgan fingerprint density at radius 1 is 1.35 bits per heavy atom. The van der Waals surface area contributed by atoms with Crippen LogP contribution in [-0.4, -0.2) is 62.3 Å². The molecule has 2 N–H and O–H groups in total. The van der Waals surface area contributed by atoms with Crippen molar-refractivity contribution in [3.8, 4) is 0 Å². The van der Waals surface area contributed by atoms with Gasteiger partial charge in [0.05, 0.1) is 12.6 Å². The molecule has 5 heteroatoms. The highest BCUT2D eigenvalue weighted by Crippen LogP contribution is 2.20. The van der Waals surface area contributed by atoms with Gasteiger partial charge in [0.1, 0.15) is 0 Å². The molecule has 1 heterocycles. The number of likely N-dealkylation sites (tertiary alicyclic amines) is 1. The maximum atomic E-state index is 11.8. The van der Waals surface area contributed by atoms with E-state index in [0.29, 0.717) is 19.7 Å². The average Bonchev–Trinajstić information content (AvgIpc) is 2.41. The SMILES string of the molecule is CNC1(C)CCN(CC(=O)NCCCOC(C)C)CC1. The predicted molar refractivity (Wildman–Crippen MR) is 81.9 cm³/mol. The maximum absolute atomic E-state index is 11.8. The molecule has 0 spiro atoms. The molecule has 1 aliphatic heterocycles. The number of carbonyl (C=O) groups excluding carboxylic acids is 1. The minimum absolute atomic E-state index is 0.127. The number of hydrogen-bond donors (Lipinski definition) is 2. The molecule has 0 unspecified atom stereocenters. The van der Waals surface area contributed by atoms with Gasteiger partial charge in [-0.25, -0.2) is 0 Å². The molecule has 0 saturated carbocycles. The van der Waals surface area contributed by atoms with Crippen LogP contribution in [0.5, 0.6) is 0 Å². The number of rotatable bonds is 8. The first kappa shape index (κ1) is 17.4. The van der Waals surface area contributed by atoms with Crippen LogP contribution >= 0.6 is 0 Å². The molecular weight excluding hydrogens is 254 g/mol. The van der Waals surface area contributed by atoms with E-state index in [9.17, 15) is 4.79 Å². The molecule has 1 rings (SSSR count). The third kappa shape index (κ3) is 6.68. The van der Waals surface area contributed by atoms with Crippen molar-refractivity contribution in [1.29, 1.82) is 0 Å². The molecule has 0 aromatic carbocycles. The van der Waals surface area contributed by atoms with Crippen LogP contribution in [-0.2, 0) is 9.53 Å². The lowest BCUT2D eigenvalue weighted by Gasteiger charge is -2.39. The number of ether oxygens (including phenoxy) is 1. The van der Waals surface area contributed by atoms with Crippen molar-refractivity contribution >= 4 is 5.91 Å². The summed E-state index contributed by atoms with van der Waals surface area (Å²) in [6.07, 6.45) is 3.33. The van der Waals surface area contributed by atoms with Gasteiger partial charge in [0.25, 0.3) is 0 Å². The second-order valence-electron chi connectivity index (χ2n) is 6.21. The lowest BCUT2D eigenvalue weighted by Crippen LogP contribution is -2.51. The molecule has 1 amide bonds. The number of piperidine rings is 1. The Balaban J connectivity index is 2.08. The molecule has 1 aliphatic rings. The van der Waals surface area contributed by atoms with Crippen LogP contribution in [0.4, 0.5) is 0 Å². The van der Waals surface area contributed by atoms with E-state index in [1.807, 2.05) is 20.9 Å². The Morgan fingerprint density at radius 2 is 2.00 bits per heavy atom. The van der Waals surface area contributed by atoms with E-state index in [1.165, 1.54) is 0 Å². The van der Waals surface area contributed by atoms with Gasteiger partial charge in [-0.2, -0.15) is 0 Å². The second-order valence-corrected chi connectivity index (χ2v) is 6.21. The zero-order valence-electron chi connectivity index (χ0n) is 13.5. The first-order chi connectivity index (χ1) is 9.45. The van der Waals surface area contributed by atoms with Crippen LogP contribution in [0.25, 0.3) is 0 Å². The van der Waals surface area contributed by atoms with Crippen molar-refractivity contribution in [3.05, 3.63) is 0 Å². The van der Waals surface area contributed by atoms with Crippen molar-refractivity contribution in [2.24, 2.45) is 0 Å². The highest BCUT2D eigenvalue weighted by Gasteiger charge is 2.28. The van der Waals surface area contributed by atoms with Gasteiger partial charge in [0.15, 0.2) is 0 Å². The van der Waals surface area contributed by atoms with Crippen LogP contribution in [0, 0.1) is 0 Å². The largest absolute Gasteiger partial charge is 0.379 e. The zero-order valence-corrected chi connectivity index (χ0v) is 13.5. The van der Waals surface area contributed by atoms with E-state index in [-0.39, 0.29) is 17.6 Å². The standard InChI is InChI=1S/C15H31N3O2/c1-13(2)20-11-5-8-17-14(19)12-18-9-6-15(3,16-4)7-10-18/h13,16H,5-12H2,1-4H3,(H,17,19). The quantitative estimate of drug-likeness (QED) is 0.653. The monoisotopic (exact) mass is 285 g/mol. The Hall–Kier alpha value is -0.650. The highest BCUT2D eigenvalue weighted by molar-refractivity contribution is 5.77. The molecule has 0 aromatic rings.